The van der Waals surface area contributed by atoms with Gasteiger partial charge in [-0.05, 0) is 27.4 Å². The Morgan fingerprint density at radius 2 is 2.00 bits per heavy atom. The Hall–Kier alpha value is 0.340. The van der Waals surface area contributed by atoms with Crippen molar-refractivity contribution in [3.8, 4) is 0 Å². The van der Waals surface area contributed by atoms with Crippen LogP contribution >= 0.6 is 38.9 Å². The Balaban J connectivity index is 2.08. The normalized spacial score (nSPS) is 19.2. The van der Waals surface area contributed by atoms with Gasteiger partial charge in [0.1, 0.15) is 4.21 Å². The Morgan fingerprint density at radius 1 is 1.33 bits per heavy atom. The van der Waals surface area contributed by atoms with E-state index in [1.165, 1.54) is 11.3 Å². The predicted octanol–water partition coefficient (Wildman–Crippen LogP) is 2.06. The van der Waals surface area contributed by atoms with Crippen molar-refractivity contribution in [3.63, 3.8) is 0 Å². The number of rotatable bonds is 4. The summed E-state index contributed by atoms with van der Waals surface area (Å²) < 4.78 is 27.4. The van der Waals surface area contributed by atoms with Gasteiger partial charge in [-0.1, -0.05) is 0 Å². The van der Waals surface area contributed by atoms with Crippen molar-refractivity contribution in [2.45, 2.75) is 4.21 Å². The largest absolute Gasteiger partial charge is 0.300 e. The van der Waals surface area contributed by atoms with Crippen LogP contribution in [-0.2, 0) is 10.0 Å². The molecule has 1 fully saturated rings. The summed E-state index contributed by atoms with van der Waals surface area (Å²) in [7, 11) is -3.34. The standard InChI is InChI=1S/C10H14BrClN2O2S2/c11-9-1-8-17-10(9)18(15,16)14-6-4-13(3-2-12)5-7-14/h1,8H,2-7H2. The second kappa shape index (κ2) is 6.19. The molecule has 2 rings (SSSR count). The van der Waals surface area contributed by atoms with E-state index in [1.54, 1.807) is 15.8 Å². The SMILES string of the molecule is O=S(=O)(c1sccc1Br)N1CCN(CCCl)CC1. The van der Waals surface area contributed by atoms with Gasteiger partial charge in [-0.2, -0.15) is 4.31 Å². The fourth-order valence-corrected chi connectivity index (χ4v) is 6.01. The van der Waals surface area contributed by atoms with Gasteiger partial charge in [0.15, 0.2) is 0 Å². The second-order valence-electron chi connectivity index (χ2n) is 3.99. The van der Waals surface area contributed by atoms with Gasteiger partial charge in [0.2, 0.25) is 0 Å². The van der Waals surface area contributed by atoms with Gasteiger partial charge in [0.05, 0.1) is 0 Å². The van der Waals surface area contributed by atoms with Crippen LogP contribution in [0.5, 0.6) is 0 Å². The molecule has 1 aliphatic rings. The molecule has 1 aliphatic heterocycles. The average molecular weight is 374 g/mol. The van der Waals surface area contributed by atoms with Crippen LogP contribution < -0.4 is 0 Å². The first kappa shape index (κ1) is 14.7. The summed E-state index contributed by atoms with van der Waals surface area (Å²) in [4.78, 5) is 2.18. The van der Waals surface area contributed by atoms with Crippen LogP contribution in [0.2, 0.25) is 0 Å². The molecule has 1 aromatic heterocycles. The number of thiophene rings is 1. The Labute approximate surface area is 125 Å². The molecular formula is C10H14BrClN2O2S2. The highest BCUT2D eigenvalue weighted by atomic mass is 79.9. The molecule has 0 aliphatic carbocycles. The molecule has 0 atom stereocenters. The van der Waals surface area contributed by atoms with Gasteiger partial charge in [0.25, 0.3) is 10.0 Å². The topological polar surface area (TPSA) is 40.6 Å². The molecule has 1 aromatic rings. The van der Waals surface area contributed by atoms with Crippen LogP contribution in [0.15, 0.2) is 20.1 Å². The molecule has 0 unspecified atom stereocenters. The molecular weight excluding hydrogens is 360 g/mol. The summed E-state index contributed by atoms with van der Waals surface area (Å²) in [6, 6.07) is 1.77. The van der Waals surface area contributed by atoms with Crippen LogP contribution in [0.1, 0.15) is 0 Å². The quantitative estimate of drug-likeness (QED) is 0.759. The smallest absolute Gasteiger partial charge is 0.253 e. The first-order chi connectivity index (χ1) is 8.55. The van der Waals surface area contributed by atoms with Crippen molar-refractivity contribution in [3.05, 3.63) is 15.9 Å². The van der Waals surface area contributed by atoms with E-state index in [0.29, 0.717) is 27.7 Å². The van der Waals surface area contributed by atoms with Crippen LogP contribution in [0, 0.1) is 0 Å². The highest BCUT2D eigenvalue weighted by molar-refractivity contribution is 9.10. The third kappa shape index (κ3) is 3.08. The summed E-state index contributed by atoms with van der Waals surface area (Å²) in [5, 5.41) is 1.78. The maximum Gasteiger partial charge on any atom is 0.253 e. The first-order valence-corrected chi connectivity index (χ1v) is 9.22. The minimum atomic E-state index is -3.34. The fraction of sp³-hybridized carbons (Fsp3) is 0.600. The van der Waals surface area contributed by atoms with Gasteiger partial charge in [0, 0.05) is 43.1 Å². The molecule has 0 spiro atoms. The lowest BCUT2D eigenvalue weighted by Crippen LogP contribution is -2.48. The van der Waals surface area contributed by atoms with Crippen LogP contribution in [0.25, 0.3) is 0 Å². The predicted molar refractivity (Wildman–Crippen MR) is 77.9 cm³/mol. The molecule has 18 heavy (non-hydrogen) atoms. The Kier molecular flexibility index (Phi) is 5.07. The van der Waals surface area contributed by atoms with Crippen molar-refractivity contribution in [2.24, 2.45) is 0 Å². The molecule has 0 N–H and O–H groups in total. The van der Waals surface area contributed by atoms with Gasteiger partial charge < -0.3 is 0 Å². The van der Waals surface area contributed by atoms with Crippen molar-refractivity contribution >= 4 is 48.9 Å². The van der Waals surface area contributed by atoms with Crippen LogP contribution in [-0.4, -0.2) is 56.2 Å². The molecule has 102 valence electrons. The maximum atomic E-state index is 12.4. The van der Waals surface area contributed by atoms with Gasteiger partial charge in [-0.25, -0.2) is 8.42 Å². The average Bonchev–Trinajstić information content (AvgIpc) is 2.77. The van der Waals surface area contributed by atoms with Gasteiger partial charge in [-0.3, -0.25) is 4.90 Å². The molecule has 4 nitrogen and oxygen atoms in total. The van der Waals surface area contributed by atoms with Crippen molar-refractivity contribution < 1.29 is 8.42 Å². The van der Waals surface area contributed by atoms with E-state index in [-0.39, 0.29) is 0 Å². The van der Waals surface area contributed by atoms with E-state index < -0.39 is 10.0 Å². The number of hydrogen-bond donors (Lipinski definition) is 0. The summed E-state index contributed by atoms with van der Waals surface area (Å²) in [6.45, 7) is 3.37. The summed E-state index contributed by atoms with van der Waals surface area (Å²) in [5.41, 5.74) is 0. The number of alkyl halides is 1. The number of sulfonamides is 1. The lowest BCUT2D eigenvalue weighted by molar-refractivity contribution is 0.197. The molecule has 0 saturated carbocycles. The minimum Gasteiger partial charge on any atom is -0.300 e. The molecule has 0 aromatic carbocycles. The first-order valence-electron chi connectivity index (χ1n) is 5.57. The number of halogens is 2. The summed E-state index contributed by atoms with van der Waals surface area (Å²) in [6.07, 6.45) is 0. The lowest BCUT2D eigenvalue weighted by atomic mass is 10.4. The summed E-state index contributed by atoms with van der Waals surface area (Å²) in [5.74, 6) is 0.587. The Bertz CT molecular complexity index is 498. The van der Waals surface area contributed by atoms with Gasteiger partial charge >= 0.3 is 0 Å². The number of piperazine rings is 1. The molecule has 1 saturated heterocycles. The molecule has 2 heterocycles. The van der Waals surface area contributed by atoms with E-state index in [1.807, 2.05) is 0 Å². The Morgan fingerprint density at radius 3 is 2.50 bits per heavy atom. The fourth-order valence-electron chi connectivity index (χ4n) is 1.89. The molecule has 8 heteroatoms. The van der Waals surface area contributed by atoms with Crippen molar-refractivity contribution in [2.75, 3.05) is 38.6 Å². The van der Waals surface area contributed by atoms with Crippen LogP contribution in [0.4, 0.5) is 0 Å². The van der Waals surface area contributed by atoms with E-state index in [9.17, 15) is 8.42 Å². The monoisotopic (exact) mass is 372 g/mol. The third-order valence-corrected chi connectivity index (χ3v) is 7.61. The van der Waals surface area contributed by atoms with E-state index in [0.717, 1.165) is 19.6 Å². The second-order valence-corrected chi connectivity index (χ2v) is 8.27. The number of hydrogen-bond acceptors (Lipinski definition) is 4. The van der Waals surface area contributed by atoms with E-state index >= 15 is 0 Å². The lowest BCUT2D eigenvalue weighted by Gasteiger charge is -2.33. The van der Waals surface area contributed by atoms with Gasteiger partial charge in [-0.15, -0.1) is 22.9 Å². The molecule has 0 radical (unpaired) electrons. The van der Waals surface area contributed by atoms with Crippen molar-refractivity contribution in [1.29, 1.82) is 0 Å². The third-order valence-electron chi connectivity index (χ3n) is 2.89. The van der Waals surface area contributed by atoms with Crippen molar-refractivity contribution in [1.82, 2.24) is 9.21 Å². The zero-order chi connectivity index (χ0) is 13.2. The number of nitrogens with zero attached hydrogens (tertiary/aromatic N) is 2. The highest BCUT2D eigenvalue weighted by Gasteiger charge is 2.30. The minimum absolute atomic E-state index is 0.397. The molecule has 0 amide bonds. The zero-order valence-corrected chi connectivity index (χ0v) is 13.7. The zero-order valence-electron chi connectivity index (χ0n) is 9.68. The van der Waals surface area contributed by atoms with E-state index in [2.05, 4.69) is 20.8 Å². The van der Waals surface area contributed by atoms with E-state index in [4.69, 9.17) is 11.6 Å². The summed E-state index contributed by atoms with van der Waals surface area (Å²) >= 11 is 10.2. The van der Waals surface area contributed by atoms with Crippen LogP contribution in [0.3, 0.4) is 0 Å². The highest BCUT2D eigenvalue weighted by Crippen LogP contribution is 2.30. The maximum absolute atomic E-state index is 12.4. The molecule has 0 bridgehead atoms.